The first-order chi connectivity index (χ1) is 7.81. The SMILES string of the molecule is CCCCCC=CC(=O)C=CCCCCC.[Pd]. The number of unbranched alkanes of at least 4 members (excludes halogenated alkanes) is 6. The second-order valence-corrected chi connectivity index (χ2v) is 4.20. The number of rotatable bonds is 10. The third kappa shape index (κ3) is 15.8. The first-order valence-corrected chi connectivity index (χ1v) is 6.68. The topological polar surface area (TPSA) is 17.1 Å². The van der Waals surface area contributed by atoms with Gasteiger partial charge in [-0.1, -0.05) is 51.7 Å². The number of hydrogen-bond donors (Lipinski definition) is 0. The fraction of sp³-hybridized carbons (Fsp3) is 0.667. The molecule has 0 aromatic heterocycles. The molecular formula is C15H26OPd. The van der Waals surface area contributed by atoms with Crippen molar-refractivity contribution >= 4 is 5.78 Å². The monoisotopic (exact) mass is 328 g/mol. The van der Waals surface area contributed by atoms with Crippen molar-refractivity contribution in [1.29, 1.82) is 0 Å². The Morgan fingerprint density at radius 1 is 0.824 bits per heavy atom. The molecule has 0 fully saturated rings. The summed E-state index contributed by atoms with van der Waals surface area (Å²) in [7, 11) is 0. The maximum Gasteiger partial charge on any atom is 0.177 e. The van der Waals surface area contributed by atoms with Crippen molar-refractivity contribution in [2.75, 3.05) is 0 Å². The molecule has 0 spiro atoms. The van der Waals surface area contributed by atoms with Crippen LogP contribution in [0.5, 0.6) is 0 Å². The standard InChI is InChI=1S/C15H26O.Pd/c1-3-5-7-9-11-13-15(16)14-12-10-8-6-4-2;/h11-14H,3-10H2,1-2H3;. The van der Waals surface area contributed by atoms with E-state index in [1.807, 2.05) is 12.2 Å². The Morgan fingerprint density at radius 2 is 1.24 bits per heavy atom. The minimum Gasteiger partial charge on any atom is -0.290 e. The van der Waals surface area contributed by atoms with Gasteiger partial charge in [0.25, 0.3) is 0 Å². The number of hydrogen-bond acceptors (Lipinski definition) is 1. The largest absolute Gasteiger partial charge is 0.290 e. The second-order valence-electron chi connectivity index (χ2n) is 4.20. The van der Waals surface area contributed by atoms with E-state index < -0.39 is 0 Å². The zero-order chi connectivity index (χ0) is 12.1. The summed E-state index contributed by atoms with van der Waals surface area (Å²) in [5.74, 6) is 0.132. The summed E-state index contributed by atoms with van der Waals surface area (Å²) in [5, 5.41) is 0. The van der Waals surface area contributed by atoms with Gasteiger partial charge in [-0.3, -0.25) is 4.79 Å². The van der Waals surface area contributed by atoms with E-state index in [-0.39, 0.29) is 26.2 Å². The van der Waals surface area contributed by atoms with Crippen LogP contribution < -0.4 is 0 Å². The molecule has 0 bridgehead atoms. The molecule has 0 saturated carbocycles. The molecule has 0 aliphatic carbocycles. The summed E-state index contributed by atoms with van der Waals surface area (Å²) < 4.78 is 0. The van der Waals surface area contributed by atoms with Crippen molar-refractivity contribution in [2.24, 2.45) is 0 Å². The van der Waals surface area contributed by atoms with E-state index in [9.17, 15) is 4.79 Å². The van der Waals surface area contributed by atoms with Gasteiger partial charge in [0.2, 0.25) is 0 Å². The molecule has 0 aromatic carbocycles. The van der Waals surface area contributed by atoms with Crippen molar-refractivity contribution in [3.63, 3.8) is 0 Å². The Kier molecular flexibility index (Phi) is 17.8. The Bertz CT molecular complexity index is 197. The van der Waals surface area contributed by atoms with Crippen LogP contribution >= 0.6 is 0 Å². The van der Waals surface area contributed by atoms with E-state index in [2.05, 4.69) is 13.8 Å². The molecule has 102 valence electrons. The molecule has 1 nitrogen and oxygen atoms in total. The number of allylic oxidation sites excluding steroid dienone is 4. The van der Waals surface area contributed by atoms with Gasteiger partial charge in [-0.2, -0.15) is 0 Å². The van der Waals surface area contributed by atoms with Crippen molar-refractivity contribution in [3.8, 4) is 0 Å². The van der Waals surface area contributed by atoms with E-state index in [1.54, 1.807) is 12.2 Å². The minimum absolute atomic E-state index is 0. The molecule has 0 amide bonds. The Morgan fingerprint density at radius 3 is 1.59 bits per heavy atom. The van der Waals surface area contributed by atoms with Gasteiger partial charge in [0.15, 0.2) is 5.78 Å². The van der Waals surface area contributed by atoms with E-state index >= 15 is 0 Å². The van der Waals surface area contributed by atoms with Crippen LogP contribution in [0.4, 0.5) is 0 Å². The Balaban J connectivity index is 0. The van der Waals surface area contributed by atoms with Crippen LogP contribution in [0, 0.1) is 0 Å². The third-order valence-electron chi connectivity index (χ3n) is 2.51. The molecule has 0 aromatic rings. The molecule has 0 unspecified atom stereocenters. The van der Waals surface area contributed by atoms with Crippen LogP contribution in [0.1, 0.15) is 65.2 Å². The molecule has 17 heavy (non-hydrogen) atoms. The van der Waals surface area contributed by atoms with Crippen molar-refractivity contribution in [1.82, 2.24) is 0 Å². The van der Waals surface area contributed by atoms with Gasteiger partial charge < -0.3 is 0 Å². The quantitative estimate of drug-likeness (QED) is 0.319. The van der Waals surface area contributed by atoms with Crippen LogP contribution in [0.3, 0.4) is 0 Å². The maximum atomic E-state index is 11.3. The second kappa shape index (κ2) is 15.8. The Hall–Kier alpha value is -0.188. The predicted octanol–water partition coefficient (Wildman–Crippen LogP) is 4.83. The summed E-state index contributed by atoms with van der Waals surface area (Å²) >= 11 is 0. The third-order valence-corrected chi connectivity index (χ3v) is 2.51. The average molecular weight is 329 g/mol. The van der Waals surface area contributed by atoms with E-state index in [4.69, 9.17) is 0 Å². The average Bonchev–Trinajstić information content (AvgIpc) is 2.28. The summed E-state index contributed by atoms with van der Waals surface area (Å²) in [4.78, 5) is 11.3. The molecule has 0 atom stereocenters. The van der Waals surface area contributed by atoms with Crippen LogP contribution in [-0.2, 0) is 25.2 Å². The van der Waals surface area contributed by atoms with Crippen molar-refractivity contribution in [2.45, 2.75) is 65.2 Å². The number of ketones is 1. The summed E-state index contributed by atoms with van der Waals surface area (Å²) in [6, 6.07) is 0. The van der Waals surface area contributed by atoms with Crippen LogP contribution in [0.25, 0.3) is 0 Å². The molecule has 0 aliphatic heterocycles. The zero-order valence-electron chi connectivity index (χ0n) is 11.2. The van der Waals surface area contributed by atoms with Gasteiger partial charge in [0, 0.05) is 20.4 Å². The molecule has 0 saturated heterocycles. The summed E-state index contributed by atoms with van der Waals surface area (Å²) in [6.07, 6.45) is 16.8. The van der Waals surface area contributed by atoms with Gasteiger partial charge in [-0.25, -0.2) is 0 Å². The van der Waals surface area contributed by atoms with Gasteiger partial charge in [-0.15, -0.1) is 0 Å². The van der Waals surface area contributed by atoms with E-state index in [0.717, 1.165) is 12.8 Å². The summed E-state index contributed by atoms with van der Waals surface area (Å²) in [5.41, 5.74) is 0. The fourth-order valence-corrected chi connectivity index (χ4v) is 1.48. The van der Waals surface area contributed by atoms with Gasteiger partial charge in [-0.05, 0) is 37.8 Å². The van der Waals surface area contributed by atoms with Crippen LogP contribution in [0.15, 0.2) is 24.3 Å². The zero-order valence-corrected chi connectivity index (χ0v) is 12.7. The van der Waals surface area contributed by atoms with Crippen LogP contribution in [-0.4, -0.2) is 5.78 Å². The van der Waals surface area contributed by atoms with E-state index in [1.165, 1.54) is 38.5 Å². The van der Waals surface area contributed by atoms with Crippen molar-refractivity contribution < 1.29 is 25.2 Å². The molecule has 0 heterocycles. The number of carbonyl (C=O) groups excluding carboxylic acids is 1. The predicted molar refractivity (Wildman–Crippen MR) is 71.6 cm³/mol. The normalized spacial score (nSPS) is 10.9. The molecule has 0 N–H and O–H groups in total. The molecule has 0 radical (unpaired) electrons. The molecule has 0 rings (SSSR count). The minimum atomic E-state index is 0. The van der Waals surface area contributed by atoms with Gasteiger partial charge in [0.1, 0.15) is 0 Å². The fourth-order valence-electron chi connectivity index (χ4n) is 1.48. The van der Waals surface area contributed by atoms with Gasteiger partial charge in [0.05, 0.1) is 0 Å². The van der Waals surface area contributed by atoms with Gasteiger partial charge >= 0.3 is 0 Å². The first-order valence-electron chi connectivity index (χ1n) is 6.68. The molecule has 2 heteroatoms. The van der Waals surface area contributed by atoms with E-state index in [0.29, 0.717) is 0 Å². The van der Waals surface area contributed by atoms with Crippen LogP contribution in [0.2, 0.25) is 0 Å². The smallest absolute Gasteiger partial charge is 0.177 e. The van der Waals surface area contributed by atoms with Crippen molar-refractivity contribution in [3.05, 3.63) is 24.3 Å². The number of carbonyl (C=O) groups is 1. The first kappa shape index (κ1) is 19.2. The maximum absolute atomic E-state index is 11.3. The molecule has 0 aliphatic rings. The Labute approximate surface area is 120 Å². The molecular weight excluding hydrogens is 303 g/mol. The summed E-state index contributed by atoms with van der Waals surface area (Å²) in [6.45, 7) is 4.38.